The fraction of sp³-hybridized carbons (Fsp3) is 0.471. The zero-order valence-electron chi connectivity index (χ0n) is 14.9. The van der Waals surface area contributed by atoms with E-state index in [2.05, 4.69) is 20.8 Å². The first-order valence-corrected chi connectivity index (χ1v) is 8.83. The third-order valence-electron chi connectivity index (χ3n) is 5.54. The highest BCUT2D eigenvalue weighted by Gasteiger charge is 2.47. The number of hydrogen-bond donors (Lipinski definition) is 1. The minimum absolute atomic E-state index is 0.0602. The number of carbonyl (C=O) groups is 2. The summed E-state index contributed by atoms with van der Waals surface area (Å²) in [5.74, 6) is -0.371. The van der Waals surface area contributed by atoms with Gasteiger partial charge in [-0.2, -0.15) is 0 Å². The quantitative estimate of drug-likeness (QED) is 0.855. The Balaban J connectivity index is 1.43. The number of tetrazole rings is 1. The first-order chi connectivity index (χ1) is 13.0. The van der Waals surface area contributed by atoms with E-state index >= 15 is 0 Å². The van der Waals surface area contributed by atoms with Gasteiger partial charge < -0.3 is 15.1 Å². The molecule has 1 spiro atoms. The van der Waals surface area contributed by atoms with Crippen LogP contribution in [0.15, 0.2) is 24.5 Å². The Kier molecular flexibility index (Phi) is 4.25. The van der Waals surface area contributed by atoms with Gasteiger partial charge >= 0.3 is 6.03 Å². The maximum absolute atomic E-state index is 14.1. The number of carbonyl (C=O) groups excluding carboxylic acids is 2. The largest absolute Gasteiger partial charge is 0.345 e. The highest BCUT2D eigenvalue weighted by atomic mass is 19.1. The molecule has 1 N–H and O–H groups in total. The molecule has 10 heteroatoms. The summed E-state index contributed by atoms with van der Waals surface area (Å²) in [6, 6.07) is 3.88. The van der Waals surface area contributed by atoms with Crippen LogP contribution in [0.5, 0.6) is 0 Å². The van der Waals surface area contributed by atoms with Gasteiger partial charge in [0.1, 0.15) is 12.1 Å². The Bertz CT molecular complexity index is 862. The molecular weight excluding hydrogens is 353 g/mol. The molecule has 0 aliphatic carbocycles. The Labute approximate surface area is 155 Å². The number of piperidine rings is 1. The minimum Gasteiger partial charge on any atom is -0.345 e. The molecule has 2 fully saturated rings. The summed E-state index contributed by atoms with van der Waals surface area (Å²) >= 11 is 0. The molecule has 0 unspecified atom stereocenters. The molecule has 3 amide bonds. The molecular formula is C17H20FN7O2. The lowest BCUT2D eigenvalue weighted by molar-refractivity contribution is -0.136. The topological polar surface area (TPSA) is 96.2 Å². The van der Waals surface area contributed by atoms with Gasteiger partial charge in [-0.25, -0.2) is 13.9 Å². The maximum atomic E-state index is 14.1. The number of amides is 3. The monoisotopic (exact) mass is 373 g/mol. The van der Waals surface area contributed by atoms with Crippen molar-refractivity contribution in [2.75, 3.05) is 32.0 Å². The van der Waals surface area contributed by atoms with Crippen molar-refractivity contribution in [3.05, 3.63) is 30.3 Å². The number of nitrogens with zero attached hydrogens (tertiary/aromatic N) is 6. The number of urea groups is 1. The van der Waals surface area contributed by atoms with Crippen molar-refractivity contribution in [3.8, 4) is 5.69 Å². The van der Waals surface area contributed by atoms with Crippen molar-refractivity contribution >= 4 is 17.6 Å². The summed E-state index contributed by atoms with van der Waals surface area (Å²) in [4.78, 5) is 28.3. The van der Waals surface area contributed by atoms with E-state index in [1.807, 2.05) is 7.05 Å². The van der Waals surface area contributed by atoms with Crippen LogP contribution in [0.3, 0.4) is 0 Å². The molecule has 2 aliphatic heterocycles. The summed E-state index contributed by atoms with van der Waals surface area (Å²) in [6.07, 6.45) is 3.49. The van der Waals surface area contributed by atoms with Crippen molar-refractivity contribution in [1.82, 2.24) is 30.0 Å². The van der Waals surface area contributed by atoms with E-state index in [1.54, 1.807) is 9.80 Å². The van der Waals surface area contributed by atoms with Crippen LogP contribution in [0.1, 0.15) is 19.3 Å². The van der Waals surface area contributed by atoms with Gasteiger partial charge in [-0.3, -0.25) is 4.79 Å². The third-order valence-corrected chi connectivity index (χ3v) is 5.54. The van der Waals surface area contributed by atoms with Gasteiger partial charge in [0.15, 0.2) is 0 Å². The number of anilines is 1. The number of nitrogens with one attached hydrogen (secondary N) is 1. The van der Waals surface area contributed by atoms with E-state index in [4.69, 9.17) is 0 Å². The van der Waals surface area contributed by atoms with Crippen LogP contribution in [-0.4, -0.2) is 68.6 Å². The number of aromatic nitrogens is 4. The highest BCUT2D eigenvalue weighted by molar-refractivity contribution is 5.90. The van der Waals surface area contributed by atoms with Crippen molar-refractivity contribution in [1.29, 1.82) is 0 Å². The summed E-state index contributed by atoms with van der Waals surface area (Å²) in [5.41, 5.74) is 0.260. The van der Waals surface area contributed by atoms with E-state index < -0.39 is 5.82 Å². The lowest BCUT2D eigenvalue weighted by Crippen LogP contribution is -2.47. The van der Waals surface area contributed by atoms with Crippen molar-refractivity contribution in [3.63, 3.8) is 0 Å². The third kappa shape index (κ3) is 3.11. The van der Waals surface area contributed by atoms with Crippen molar-refractivity contribution < 1.29 is 14.0 Å². The highest BCUT2D eigenvalue weighted by Crippen LogP contribution is 2.41. The van der Waals surface area contributed by atoms with E-state index in [-0.39, 0.29) is 23.0 Å². The molecule has 2 saturated heterocycles. The van der Waals surface area contributed by atoms with Crippen LogP contribution in [0.4, 0.5) is 14.9 Å². The molecule has 0 radical (unpaired) electrons. The first-order valence-electron chi connectivity index (χ1n) is 8.83. The second-order valence-corrected chi connectivity index (χ2v) is 7.09. The number of halogens is 1. The molecule has 9 nitrogen and oxygen atoms in total. The van der Waals surface area contributed by atoms with Gasteiger partial charge in [-0.05, 0) is 47.9 Å². The Morgan fingerprint density at radius 3 is 2.59 bits per heavy atom. The zero-order valence-corrected chi connectivity index (χ0v) is 14.9. The molecule has 27 heavy (non-hydrogen) atoms. The first kappa shape index (κ1) is 17.4. The minimum atomic E-state index is -0.541. The normalized spacial score (nSPS) is 19.0. The van der Waals surface area contributed by atoms with Gasteiger partial charge in [0.25, 0.3) is 0 Å². The van der Waals surface area contributed by atoms with Crippen molar-refractivity contribution in [2.24, 2.45) is 5.41 Å². The Morgan fingerprint density at radius 2 is 1.96 bits per heavy atom. The number of benzene rings is 1. The number of likely N-dealkylation sites (tertiary alicyclic amines) is 2. The van der Waals surface area contributed by atoms with Crippen LogP contribution < -0.4 is 5.32 Å². The number of hydrogen-bond acceptors (Lipinski definition) is 5. The van der Waals surface area contributed by atoms with Gasteiger partial charge in [0.05, 0.1) is 16.8 Å². The van der Waals surface area contributed by atoms with Gasteiger partial charge in [-0.15, -0.1) is 5.10 Å². The van der Waals surface area contributed by atoms with Crippen LogP contribution in [0.2, 0.25) is 0 Å². The van der Waals surface area contributed by atoms with E-state index in [1.165, 1.54) is 29.2 Å². The van der Waals surface area contributed by atoms with E-state index in [0.717, 1.165) is 13.0 Å². The number of rotatable bonds is 2. The van der Waals surface area contributed by atoms with Crippen LogP contribution in [0.25, 0.3) is 5.69 Å². The predicted octanol–water partition coefficient (Wildman–Crippen LogP) is 1.28. The maximum Gasteiger partial charge on any atom is 0.321 e. The molecule has 1 aromatic carbocycles. The molecule has 1 aromatic heterocycles. The predicted molar refractivity (Wildman–Crippen MR) is 93.6 cm³/mol. The fourth-order valence-electron chi connectivity index (χ4n) is 3.82. The van der Waals surface area contributed by atoms with E-state index in [0.29, 0.717) is 31.6 Å². The molecule has 3 heterocycles. The lowest BCUT2D eigenvalue weighted by atomic mass is 9.77. The average molecular weight is 373 g/mol. The second-order valence-electron chi connectivity index (χ2n) is 7.09. The molecule has 2 aromatic rings. The van der Waals surface area contributed by atoms with Gasteiger partial charge in [0.2, 0.25) is 5.91 Å². The smallest absolute Gasteiger partial charge is 0.321 e. The van der Waals surface area contributed by atoms with Crippen LogP contribution in [0, 0.1) is 11.2 Å². The van der Waals surface area contributed by atoms with E-state index in [9.17, 15) is 14.0 Å². The van der Waals surface area contributed by atoms with Crippen molar-refractivity contribution in [2.45, 2.75) is 19.3 Å². The summed E-state index contributed by atoms with van der Waals surface area (Å²) in [6.45, 7) is 1.71. The van der Waals surface area contributed by atoms with Crippen LogP contribution in [-0.2, 0) is 4.79 Å². The van der Waals surface area contributed by atoms with Crippen LogP contribution >= 0.6 is 0 Å². The Hall–Kier alpha value is -3.04. The summed E-state index contributed by atoms with van der Waals surface area (Å²) in [7, 11) is 1.82. The lowest BCUT2D eigenvalue weighted by Gasteiger charge is -2.37. The summed E-state index contributed by atoms with van der Waals surface area (Å²) in [5, 5.41) is 13.5. The standard InChI is InChI=1S/C17H20FN7O2/c1-23-7-4-17(15(23)26)5-8-24(9-6-17)16(27)20-14-10-12(2-3-13(14)18)25-11-19-21-22-25/h2-3,10-11H,4-9H2,1H3,(H,20,27). The summed E-state index contributed by atoms with van der Waals surface area (Å²) < 4.78 is 15.5. The molecule has 0 bridgehead atoms. The molecule has 4 rings (SSSR count). The second kappa shape index (κ2) is 6.60. The SMILES string of the molecule is CN1CCC2(CCN(C(=O)Nc3cc(-n4cnnn4)ccc3F)CC2)C1=O. The fourth-order valence-corrected chi connectivity index (χ4v) is 3.82. The molecule has 0 atom stereocenters. The van der Waals surface area contributed by atoms with Gasteiger partial charge in [0, 0.05) is 26.7 Å². The zero-order chi connectivity index (χ0) is 19.0. The van der Waals surface area contributed by atoms with Gasteiger partial charge in [-0.1, -0.05) is 0 Å². The molecule has 2 aliphatic rings. The molecule has 0 saturated carbocycles. The Morgan fingerprint density at radius 1 is 1.22 bits per heavy atom. The molecule has 142 valence electrons. The average Bonchev–Trinajstić information content (AvgIpc) is 3.30.